The van der Waals surface area contributed by atoms with Gasteiger partial charge in [-0.15, -0.1) is 0 Å². The third kappa shape index (κ3) is 4.82. The van der Waals surface area contributed by atoms with E-state index in [1.807, 2.05) is 26.8 Å². The minimum atomic E-state index is -4.46. The second-order valence-electron chi connectivity index (χ2n) is 7.03. The van der Waals surface area contributed by atoms with Gasteiger partial charge >= 0.3 is 6.18 Å². The van der Waals surface area contributed by atoms with E-state index in [9.17, 15) is 18.0 Å². The Bertz CT molecular complexity index is 1030. The molecule has 1 aromatic heterocycles. The Morgan fingerprint density at radius 3 is 2.55 bits per heavy atom. The number of halogens is 3. The smallest absolute Gasteiger partial charge is 0.334 e. The van der Waals surface area contributed by atoms with Crippen LogP contribution in [0.25, 0.3) is 11.5 Å². The van der Waals surface area contributed by atoms with Crippen molar-refractivity contribution in [2.45, 2.75) is 39.3 Å². The molecule has 1 heterocycles. The summed E-state index contributed by atoms with van der Waals surface area (Å²) in [6, 6.07) is 10.1. The zero-order chi connectivity index (χ0) is 21.2. The molecular weight excluding hydrogens is 383 g/mol. The number of carbonyl (C=O) groups excluding carboxylic acids is 1. The molecular formula is C21H20F3N3O2. The van der Waals surface area contributed by atoms with Crippen molar-refractivity contribution in [3.63, 3.8) is 0 Å². The number of aryl methyl sites for hydroxylation is 1. The van der Waals surface area contributed by atoms with Crippen molar-refractivity contribution in [2.24, 2.45) is 0 Å². The molecule has 152 valence electrons. The number of rotatable bonds is 5. The number of carbonyl (C=O) groups is 1. The fourth-order valence-electron chi connectivity index (χ4n) is 2.82. The number of hydrogen-bond acceptors (Lipinski definition) is 4. The Morgan fingerprint density at radius 2 is 1.90 bits per heavy atom. The second kappa shape index (κ2) is 8.06. The van der Waals surface area contributed by atoms with Crippen LogP contribution in [0, 0.1) is 6.92 Å². The summed E-state index contributed by atoms with van der Waals surface area (Å²) in [5.41, 5.74) is 1.30. The summed E-state index contributed by atoms with van der Waals surface area (Å²) in [5.74, 6) is 0.453. The Kier molecular flexibility index (Phi) is 5.72. The van der Waals surface area contributed by atoms with Gasteiger partial charge < -0.3 is 9.84 Å². The number of para-hydroxylation sites is 1. The van der Waals surface area contributed by atoms with Crippen molar-refractivity contribution in [1.29, 1.82) is 0 Å². The summed E-state index contributed by atoms with van der Waals surface area (Å²) in [5, 5.41) is 6.71. The largest absolute Gasteiger partial charge is 0.416 e. The number of hydrogen-bond donors (Lipinski definition) is 1. The molecule has 29 heavy (non-hydrogen) atoms. The van der Waals surface area contributed by atoms with Crippen molar-refractivity contribution < 1.29 is 22.5 Å². The fraction of sp³-hybridized carbons (Fsp3) is 0.286. The van der Waals surface area contributed by atoms with E-state index in [1.54, 1.807) is 12.1 Å². The zero-order valence-corrected chi connectivity index (χ0v) is 16.2. The van der Waals surface area contributed by atoms with Gasteiger partial charge in [0.15, 0.2) is 5.82 Å². The van der Waals surface area contributed by atoms with Crippen LogP contribution in [0.15, 0.2) is 47.0 Å². The maximum Gasteiger partial charge on any atom is 0.416 e. The van der Waals surface area contributed by atoms with Crippen LogP contribution >= 0.6 is 0 Å². The predicted molar refractivity (Wildman–Crippen MR) is 102 cm³/mol. The first-order valence-electron chi connectivity index (χ1n) is 9.04. The Balaban J connectivity index is 1.84. The number of amides is 1. The van der Waals surface area contributed by atoms with Crippen LogP contribution in [-0.2, 0) is 17.4 Å². The Labute approximate surface area is 165 Å². The quantitative estimate of drug-likeness (QED) is 0.622. The van der Waals surface area contributed by atoms with E-state index < -0.39 is 17.6 Å². The molecule has 0 saturated carbocycles. The summed E-state index contributed by atoms with van der Waals surface area (Å²) in [7, 11) is 0. The van der Waals surface area contributed by atoms with Crippen molar-refractivity contribution in [3.8, 4) is 11.5 Å². The lowest BCUT2D eigenvalue weighted by atomic mass is 10.1. The Morgan fingerprint density at radius 1 is 1.17 bits per heavy atom. The van der Waals surface area contributed by atoms with Gasteiger partial charge in [0.25, 0.3) is 5.89 Å². The van der Waals surface area contributed by atoms with Crippen LogP contribution in [0.3, 0.4) is 0 Å². The van der Waals surface area contributed by atoms with Gasteiger partial charge in [-0.2, -0.15) is 18.2 Å². The molecule has 2 aromatic carbocycles. The normalized spacial score (nSPS) is 11.7. The van der Waals surface area contributed by atoms with E-state index in [2.05, 4.69) is 15.5 Å². The molecule has 3 aromatic rings. The number of nitrogens with one attached hydrogen (secondary N) is 1. The molecule has 0 saturated heterocycles. The number of nitrogens with zero attached hydrogens (tertiary/aromatic N) is 2. The summed E-state index contributed by atoms with van der Waals surface area (Å²) in [6.45, 7) is 5.67. The molecule has 0 aliphatic rings. The first kappa shape index (κ1) is 20.6. The molecule has 0 bridgehead atoms. The van der Waals surface area contributed by atoms with Crippen LogP contribution in [0.4, 0.5) is 18.9 Å². The van der Waals surface area contributed by atoms with Crippen molar-refractivity contribution in [1.82, 2.24) is 10.1 Å². The topological polar surface area (TPSA) is 68.0 Å². The van der Waals surface area contributed by atoms with E-state index in [1.165, 1.54) is 12.1 Å². The first-order valence-corrected chi connectivity index (χ1v) is 9.04. The van der Waals surface area contributed by atoms with Crippen LogP contribution in [0.5, 0.6) is 0 Å². The SMILES string of the molecule is Cc1cccc(-c2nc(C(C)C)no2)c1NC(=O)Cc1cccc(C(F)(F)F)c1. The third-order valence-corrected chi connectivity index (χ3v) is 4.34. The fourth-order valence-corrected chi connectivity index (χ4v) is 2.82. The van der Waals surface area contributed by atoms with Crippen molar-refractivity contribution in [2.75, 3.05) is 5.32 Å². The summed E-state index contributed by atoms with van der Waals surface area (Å²) >= 11 is 0. The van der Waals surface area contributed by atoms with Gasteiger partial charge in [-0.25, -0.2) is 0 Å². The van der Waals surface area contributed by atoms with Gasteiger partial charge in [0, 0.05) is 5.92 Å². The number of aromatic nitrogens is 2. The molecule has 1 N–H and O–H groups in total. The highest BCUT2D eigenvalue weighted by atomic mass is 19.4. The molecule has 3 rings (SSSR count). The van der Waals surface area contributed by atoms with Gasteiger partial charge in [0.2, 0.25) is 5.91 Å². The average molecular weight is 403 g/mol. The highest BCUT2D eigenvalue weighted by Crippen LogP contribution is 2.32. The minimum Gasteiger partial charge on any atom is -0.334 e. The number of alkyl halides is 3. The lowest BCUT2D eigenvalue weighted by Crippen LogP contribution is -2.16. The van der Waals surface area contributed by atoms with E-state index in [-0.39, 0.29) is 23.8 Å². The van der Waals surface area contributed by atoms with Crippen LogP contribution in [0.1, 0.15) is 42.3 Å². The molecule has 0 unspecified atom stereocenters. The first-order chi connectivity index (χ1) is 13.6. The molecule has 0 spiro atoms. The van der Waals surface area contributed by atoms with Crippen molar-refractivity contribution in [3.05, 3.63) is 65.0 Å². The molecule has 0 aliphatic heterocycles. The highest BCUT2D eigenvalue weighted by molar-refractivity contribution is 5.96. The van der Waals surface area contributed by atoms with E-state index in [0.29, 0.717) is 17.1 Å². The van der Waals surface area contributed by atoms with Crippen LogP contribution in [0.2, 0.25) is 0 Å². The molecule has 0 aliphatic carbocycles. The van der Waals surface area contributed by atoms with Gasteiger partial charge in [-0.3, -0.25) is 4.79 Å². The van der Waals surface area contributed by atoms with Gasteiger partial charge in [-0.1, -0.05) is 49.3 Å². The summed E-state index contributed by atoms with van der Waals surface area (Å²) < 4.78 is 44.0. The van der Waals surface area contributed by atoms with Gasteiger partial charge in [0.05, 0.1) is 23.2 Å². The molecule has 0 fully saturated rings. The molecule has 5 nitrogen and oxygen atoms in total. The van der Waals surface area contributed by atoms with E-state index in [4.69, 9.17) is 4.52 Å². The number of benzene rings is 2. The summed E-state index contributed by atoms with van der Waals surface area (Å²) in [4.78, 5) is 16.9. The monoisotopic (exact) mass is 403 g/mol. The third-order valence-electron chi connectivity index (χ3n) is 4.34. The lowest BCUT2D eigenvalue weighted by molar-refractivity contribution is -0.137. The van der Waals surface area contributed by atoms with Crippen LogP contribution in [-0.4, -0.2) is 16.0 Å². The van der Waals surface area contributed by atoms with E-state index >= 15 is 0 Å². The van der Waals surface area contributed by atoms with Crippen LogP contribution < -0.4 is 5.32 Å². The second-order valence-corrected chi connectivity index (χ2v) is 7.03. The maximum absolute atomic E-state index is 12.9. The standard InChI is InChI=1S/C21H20F3N3O2/c1-12(2)19-26-20(29-27-19)16-9-4-6-13(3)18(16)25-17(28)11-14-7-5-8-15(10-14)21(22,23)24/h4-10,12H,11H2,1-3H3,(H,25,28). The predicted octanol–water partition coefficient (Wildman–Crippen LogP) is 5.37. The van der Waals surface area contributed by atoms with E-state index in [0.717, 1.165) is 17.7 Å². The molecule has 0 atom stereocenters. The lowest BCUT2D eigenvalue weighted by Gasteiger charge is -2.12. The average Bonchev–Trinajstić information content (AvgIpc) is 3.13. The maximum atomic E-state index is 12.9. The highest BCUT2D eigenvalue weighted by Gasteiger charge is 2.30. The van der Waals surface area contributed by atoms with Gasteiger partial charge in [0.1, 0.15) is 0 Å². The minimum absolute atomic E-state index is 0.0799. The molecule has 0 radical (unpaired) electrons. The number of anilines is 1. The molecule has 1 amide bonds. The Hall–Kier alpha value is -3.16. The zero-order valence-electron chi connectivity index (χ0n) is 16.2. The molecule has 8 heteroatoms. The van der Waals surface area contributed by atoms with Gasteiger partial charge in [-0.05, 0) is 30.2 Å². The summed E-state index contributed by atoms with van der Waals surface area (Å²) in [6.07, 6.45) is -4.65. The van der Waals surface area contributed by atoms with Crippen molar-refractivity contribution >= 4 is 11.6 Å².